The smallest absolute Gasteiger partial charge is 0.407 e. The number of phosphoric acid groups is 1. The standard InChI is InChI=1S/C31H43N4O10PS.2H3N/c1-31(2,14-8-15-32)21-35(47(40,41)24-12-7-11-23(18-24)33-3)19-27(45-46(37,38)39)26(17-22-9-5-4-6-10-22)34-30(36)44-28-20-43-29-25(28)13-16-42-29;;/h4-7,9-12,18,25-29,33H,8,13-14,16-17,19-21H2,1-3H3,(H,34,36)(H2,37,38,39);2*1H3/t25-,26-,27+,28-,29+;;/m0../s1. The van der Waals surface area contributed by atoms with Gasteiger partial charge in [0.25, 0.3) is 0 Å². The van der Waals surface area contributed by atoms with Crippen molar-refractivity contribution in [1.29, 1.82) is 5.26 Å². The lowest BCUT2D eigenvalue weighted by Gasteiger charge is -2.40. The molecule has 2 aromatic rings. The topological polar surface area (TPSA) is 275 Å². The molecule has 274 valence electrons. The van der Waals surface area contributed by atoms with Crippen LogP contribution in [0.5, 0.6) is 0 Å². The number of rotatable bonds is 16. The molecule has 10 N–H and O–H groups in total. The SMILES string of the molecule is CNc1cccc(S(=O)(=O)N(C[C@@H](OP(=O)([O-])[O-])[C@H](Cc2ccccc2)NC(=O)O[C@H]2CO[C@H]3OCC[C@H]32)CC(C)(C)CCC#N)c1.[NH4+].[NH4+]. The van der Waals surface area contributed by atoms with Crippen LogP contribution in [0.15, 0.2) is 59.5 Å². The third-order valence-corrected chi connectivity index (χ3v) is 10.6. The molecule has 0 unspecified atom stereocenters. The molecule has 2 aliphatic rings. The highest BCUT2D eigenvalue weighted by atomic mass is 32.2. The van der Waals surface area contributed by atoms with E-state index >= 15 is 0 Å². The first-order valence-corrected chi connectivity index (χ1v) is 18.2. The summed E-state index contributed by atoms with van der Waals surface area (Å²) >= 11 is 0. The number of phosphoric ester groups is 1. The molecule has 16 nitrogen and oxygen atoms in total. The second-order valence-electron chi connectivity index (χ2n) is 12.4. The van der Waals surface area contributed by atoms with E-state index < -0.39 is 60.4 Å². The number of nitrogens with zero attached hydrogens (tertiary/aromatic N) is 2. The molecular formula is C31H49N6O10PS. The number of carbonyl (C=O) groups is 1. The van der Waals surface area contributed by atoms with Crippen molar-refractivity contribution in [1.82, 2.24) is 21.9 Å². The first kappa shape index (κ1) is 42.0. The van der Waals surface area contributed by atoms with Crippen LogP contribution in [-0.2, 0) is 39.7 Å². The second-order valence-corrected chi connectivity index (χ2v) is 15.4. The van der Waals surface area contributed by atoms with Crippen molar-refractivity contribution in [3.8, 4) is 6.07 Å². The van der Waals surface area contributed by atoms with E-state index in [1.807, 2.05) is 0 Å². The number of amides is 1. The number of nitrogens with one attached hydrogen (secondary N) is 2. The number of hydrogen-bond donors (Lipinski definition) is 4. The Morgan fingerprint density at radius 1 is 1.16 bits per heavy atom. The predicted octanol–water partition coefficient (Wildman–Crippen LogP) is 3.11. The van der Waals surface area contributed by atoms with Crippen molar-refractivity contribution in [3.05, 3.63) is 60.2 Å². The Bertz CT molecular complexity index is 1560. The molecule has 0 saturated carbocycles. The highest BCUT2D eigenvalue weighted by Gasteiger charge is 2.44. The fourth-order valence-electron chi connectivity index (χ4n) is 5.77. The molecule has 2 heterocycles. The lowest BCUT2D eigenvalue weighted by atomic mass is 9.88. The molecule has 2 fully saturated rings. The van der Waals surface area contributed by atoms with Crippen molar-refractivity contribution in [2.75, 3.05) is 38.7 Å². The maximum Gasteiger partial charge on any atom is 0.407 e. The van der Waals surface area contributed by atoms with Crippen LogP contribution >= 0.6 is 7.82 Å². The van der Waals surface area contributed by atoms with Crippen molar-refractivity contribution in [2.45, 2.75) is 69.0 Å². The van der Waals surface area contributed by atoms with Crippen LogP contribution in [-0.4, -0.2) is 76.7 Å². The maximum absolute atomic E-state index is 14.2. The molecule has 2 saturated heterocycles. The van der Waals surface area contributed by atoms with Crippen LogP contribution in [0.1, 0.15) is 38.7 Å². The number of fused-ring (bicyclic) bond motifs is 1. The summed E-state index contributed by atoms with van der Waals surface area (Å²) in [7, 11) is -8.44. The highest BCUT2D eigenvalue weighted by molar-refractivity contribution is 7.89. The number of alkyl carbamates (subject to hydrolysis) is 1. The van der Waals surface area contributed by atoms with E-state index in [1.165, 1.54) is 12.1 Å². The van der Waals surface area contributed by atoms with Gasteiger partial charge >= 0.3 is 6.09 Å². The lowest BCUT2D eigenvalue weighted by Crippen LogP contribution is -2.53. The largest absolute Gasteiger partial charge is 0.790 e. The van der Waals surface area contributed by atoms with Crippen LogP contribution in [0, 0.1) is 22.7 Å². The number of ether oxygens (including phenoxy) is 3. The van der Waals surface area contributed by atoms with Crippen LogP contribution in [0.3, 0.4) is 0 Å². The fourth-order valence-corrected chi connectivity index (χ4v) is 8.01. The Kier molecular flexibility index (Phi) is 15.6. The van der Waals surface area contributed by atoms with E-state index in [-0.39, 0.29) is 49.1 Å². The van der Waals surface area contributed by atoms with E-state index in [0.29, 0.717) is 30.7 Å². The van der Waals surface area contributed by atoms with Gasteiger partial charge in [0.15, 0.2) is 6.29 Å². The summed E-state index contributed by atoms with van der Waals surface area (Å²) in [5.74, 6) is -0.173. The van der Waals surface area contributed by atoms with Gasteiger partial charge < -0.3 is 56.0 Å². The van der Waals surface area contributed by atoms with Gasteiger partial charge in [-0.15, -0.1) is 0 Å². The Morgan fingerprint density at radius 2 is 1.88 bits per heavy atom. The summed E-state index contributed by atoms with van der Waals surface area (Å²) in [6.45, 7) is 3.34. The van der Waals surface area contributed by atoms with E-state index in [9.17, 15) is 32.8 Å². The molecule has 0 spiro atoms. The summed E-state index contributed by atoms with van der Waals surface area (Å²) < 4.78 is 63.4. The molecular weight excluding hydrogens is 679 g/mol. The molecule has 49 heavy (non-hydrogen) atoms. The van der Waals surface area contributed by atoms with Gasteiger partial charge in [0.05, 0.1) is 50.1 Å². The van der Waals surface area contributed by atoms with Gasteiger partial charge in [-0.2, -0.15) is 9.57 Å². The Hall–Kier alpha value is -3.14. The average molecular weight is 729 g/mol. The van der Waals surface area contributed by atoms with Crippen LogP contribution in [0.4, 0.5) is 10.5 Å². The van der Waals surface area contributed by atoms with Crippen molar-refractivity contribution >= 4 is 29.6 Å². The van der Waals surface area contributed by atoms with Gasteiger partial charge in [0.2, 0.25) is 10.0 Å². The Morgan fingerprint density at radius 3 is 2.53 bits per heavy atom. The molecule has 2 aliphatic heterocycles. The van der Waals surface area contributed by atoms with Crippen LogP contribution in [0.2, 0.25) is 0 Å². The summed E-state index contributed by atoms with van der Waals surface area (Å²) in [5, 5.41) is 14.8. The Balaban J connectivity index is 0.00000417. The molecule has 0 radical (unpaired) electrons. The minimum Gasteiger partial charge on any atom is -0.790 e. The summed E-state index contributed by atoms with van der Waals surface area (Å²) in [4.78, 5) is 37.5. The van der Waals surface area contributed by atoms with Gasteiger partial charge in [0.1, 0.15) is 6.10 Å². The third-order valence-electron chi connectivity index (χ3n) is 8.22. The summed E-state index contributed by atoms with van der Waals surface area (Å²) in [5.41, 5.74) is 0.413. The minimum absolute atomic E-state index is 0. The predicted molar refractivity (Wildman–Crippen MR) is 179 cm³/mol. The number of anilines is 1. The molecule has 18 heteroatoms. The zero-order chi connectivity index (χ0) is 34.2. The molecule has 0 bridgehead atoms. The second kappa shape index (κ2) is 18.2. The first-order chi connectivity index (χ1) is 22.2. The molecule has 0 aliphatic carbocycles. The fraction of sp³-hybridized carbons (Fsp3) is 0.548. The minimum atomic E-state index is -5.73. The first-order valence-electron chi connectivity index (χ1n) is 15.3. The quantitative estimate of drug-likeness (QED) is 0.182. The Labute approximate surface area is 287 Å². The van der Waals surface area contributed by atoms with E-state index in [1.54, 1.807) is 63.4 Å². The summed E-state index contributed by atoms with van der Waals surface area (Å²) in [6.07, 6.45) is -2.63. The van der Waals surface area contributed by atoms with Gasteiger partial charge in [-0.25, -0.2) is 13.2 Å². The third kappa shape index (κ3) is 12.0. The average Bonchev–Trinajstić information content (AvgIpc) is 3.64. The van der Waals surface area contributed by atoms with Gasteiger partial charge in [0, 0.05) is 32.2 Å². The van der Waals surface area contributed by atoms with Crippen molar-refractivity contribution < 1.29 is 46.3 Å². The number of nitriles is 1. The monoisotopic (exact) mass is 728 g/mol. The van der Waals surface area contributed by atoms with Gasteiger partial charge in [-0.3, -0.25) is 0 Å². The number of hydrogen-bond acceptors (Lipinski definition) is 12. The number of carbonyl (C=O) groups excluding carboxylic acids is 1. The summed E-state index contributed by atoms with van der Waals surface area (Å²) in [6, 6.07) is 15.6. The molecule has 2 aromatic carbocycles. The van der Waals surface area contributed by atoms with Crippen LogP contribution < -0.4 is 32.7 Å². The number of quaternary nitrogens is 2. The molecule has 4 rings (SSSR count). The van der Waals surface area contributed by atoms with E-state index in [0.717, 1.165) is 4.31 Å². The lowest BCUT2D eigenvalue weighted by molar-refractivity contribution is -0.345. The van der Waals surface area contributed by atoms with Crippen molar-refractivity contribution in [2.24, 2.45) is 11.3 Å². The maximum atomic E-state index is 14.2. The molecule has 0 aromatic heterocycles. The van der Waals surface area contributed by atoms with Crippen molar-refractivity contribution in [3.63, 3.8) is 0 Å². The van der Waals surface area contributed by atoms with Crippen LogP contribution in [0.25, 0.3) is 0 Å². The molecule has 5 atom stereocenters. The molecule has 1 amide bonds. The van der Waals surface area contributed by atoms with E-state index in [2.05, 4.69) is 16.7 Å². The zero-order valence-corrected chi connectivity index (χ0v) is 30.3. The normalized spacial score (nSPS) is 20.2. The van der Waals surface area contributed by atoms with Gasteiger partial charge in [-0.1, -0.05) is 50.2 Å². The van der Waals surface area contributed by atoms with E-state index in [4.69, 9.17) is 18.7 Å². The van der Waals surface area contributed by atoms with Gasteiger partial charge in [-0.05, 0) is 48.4 Å². The zero-order valence-electron chi connectivity index (χ0n) is 28.6. The number of benzene rings is 2. The number of sulfonamides is 1. The highest BCUT2D eigenvalue weighted by Crippen LogP contribution is 2.35.